The minimum absolute atomic E-state index is 0.0613. The number of allylic oxidation sites excluding steroid dienone is 1. The SMILES string of the molecule is Cc1ccc2nc(-c3ccc(C)c(N=CC=Cc4cccc([N+](=O)[O-])c4)c3)oc2c1. The smallest absolute Gasteiger partial charge is 0.270 e. The van der Waals surface area contributed by atoms with Crippen LogP contribution in [0, 0.1) is 24.0 Å². The molecule has 0 bridgehead atoms. The molecule has 0 fully saturated rings. The van der Waals surface area contributed by atoms with Gasteiger partial charge in [-0.25, -0.2) is 4.98 Å². The molecule has 3 aromatic carbocycles. The Bertz CT molecular complexity index is 1300. The van der Waals surface area contributed by atoms with Gasteiger partial charge in [0.25, 0.3) is 5.69 Å². The number of nitro groups is 1. The van der Waals surface area contributed by atoms with Crippen LogP contribution in [0.4, 0.5) is 11.4 Å². The fraction of sp³-hybridized carbons (Fsp3) is 0.0833. The van der Waals surface area contributed by atoms with Crippen LogP contribution in [0.2, 0.25) is 0 Å². The van der Waals surface area contributed by atoms with Crippen molar-refractivity contribution in [3.05, 3.63) is 93.5 Å². The molecule has 0 aliphatic rings. The van der Waals surface area contributed by atoms with Gasteiger partial charge in [-0.3, -0.25) is 15.1 Å². The summed E-state index contributed by atoms with van der Waals surface area (Å²) in [6, 6.07) is 18.2. The lowest BCUT2D eigenvalue weighted by Gasteiger charge is -2.02. The fourth-order valence-electron chi connectivity index (χ4n) is 3.06. The quantitative estimate of drug-likeness (QED) is 0.220. The van der Waals surface area contributed by atoms with E-state index in [0.717, 1.165) is 39.0 Å². The van der Waals surface area contributed by atoms with Crippen molar-refractivity contribution in [2.75, 3.05) is 0 Å². The molecule has 0 unspecified atom stereocenters. The molecule has 0 aliphatic carbocycles. The molecule has 30 heavy (non-hydrogen) atoms. The molecule has 0 spiro atoms. The maximum Gasteiger partial charge on any atom is 0.270 e. The lowest BCUT2D eigenvalue weighted by molar-refractivity contribution is -0.384. The first-order valence-electron chi connectivity index (χ1n) is 9.43. The maximum atomic E-state index is 10.9. The molecule has 148 valence electrons. The molecule has 0 radical (unpaired) electrons. The first-order valence-corrected chi connectivity index (χ1v) is 9.43. The summed E-state index contributed by atoms with van der Waals surface area (Å²) in [4.78, 5) is 19.5. The Labute approximate surface area is 173 Å². The molecule has 0 atom stereocenters. The minimum atomic E-state index is -0.409. The van der Waals surface area contributed by atoms with Crippen LogP contribution >= 0.6 is 0 Å². The van der Waals surface area contributed by atoms with Gasteiger partial charge in [-0.1, -0.05) is 30.3 Å². The van der Waals surface area contributed by atoms with E-state index >= 15 is 0 Å². The fourth-order valence-corrected chi connectivity index (χ4v) is 3.06. The highest BCUT2D eigenvalue weighted by atomic mass is 16.6. The monoisotopic (exact) mass is 397 g/mol. The van der Waals surface area contributed by atoms with Crippen molar-refractivity contribution in [2.45, 2.75) is 13.8 Å². The number of non-ortho nitro benzene ring substituents is 1. The van der Waals surface area contributed by atoms with Crippen LogP contribution in [-0.2, 0) is 0 Å². The third kappa shape index (κ3) is 4.17. The highest BCUT2D eigenvalue weighted by molar-refractivity contribution is 5.82. The van der Waals surface area contributed by atoms with Gasteiger partial charge in [0.1, 0.15) is 5.52 Å². The Balaban J connectivity index is 1.57. The number of aliphatic imine (C=N–C) groups is 1. The zero-order valence-corrected chi connectivity index (χ0v) is 16.6. The number of fused-ring (bicyclic) bond motifs is 1. The predicted molar refractivity (Wildman–Crippen MR) is 119 cm³/mol. The van der Waals surface area contributed by atoms with Gasteiger partial charge < -0.3 is 4.42 Å². The standard InChI is InChI=1S/C24H19N3O3/c1-16-8-11-21-23(13-16)30-24(26-21)19-10-9-17(2)22(15-19)25-12-4-6-18-5-3-7-20(14-18)27(28)29/h3-15H,1-2H3. The minimum Gasteiger partial charge on any atom is -0.436 e. The highest BCUT2D eigenvalue weighted by Crippen LogP contribution is 2.29. The van der Waals surface area contributed by atoms with Crippen LogP contribution < -0.4 is 0 Å². The Morgan fingerprint density at radius 3 is 2.77 bits per heavy atom. The van der Waals surface area contributed by atoms with Crippen molar-refractivity contribution in [3.8, 4) is 11.5 Å². The molecule has 0 aliphatic heterocycles. The van der Waals surface area contributed by atoms with E-state index in [1.165, 1.54) is 12.1 Å². The van der Waals surface area contributed by atoms with E-state index in [1.807, 2.05) is 50.2 Å². The number of aryl methyl sites for hydroxylation is 2. The van der Waals surface area contributed by atoms with E-state index in [0.29, 0.717) is 5.89 Å². The van der Waals surface area contributed by atoms with Crippen LogP contribution in [0.3, 0.4) is 0 Å². The molecular formula is C24H19N3O3. The molecule has 4 rings (SSSR count). The first-order chi connectivity index (χ1) is 14.5. The van der Waals surface area contributed by atoms with Gasteiger partial charge in [-0.2, -0.15) is 0 Å². The Morgan fingerprint density at radius 2 is 1.93 bits per heavy atom. The average molecular weight is 397 g/mol. The van der Waals surface area contributed by atoms with Gasteiger partial charge in [0.2, 0.25) is 5.89 Å². The topological polar surface area (TPSA) is 81.5 Å². The molecule has 0 amide bonds. The van der Waals surface area contributed by atoms with E-state index in [2.05, 4.69) is 9.98 Å². The second kappa shape index (κ2) is 8.13. The lowest BCUT2D eigenvalue weighted by atomic mass is 10.1. The summed E-state index contributed by atoms with van der Waals surface area (Å²) in [5.41, 5.74) is 6.17. The van der Waals surface area contributed by atoms with Crippen molar-refractivity contribution >= 4 is 34.8 Å². The lowest BCUT2D eigenvalue weighted by Crippen LogP contribution is -1.87. The van der Waals surface area contributed by atoms with Crippen molar-refractivity contribution in [2.24, 2.45) is 4.99 Å². The summed E-state index contributed by atoms with van der Waals surface area (Å²) in [6.07, 6.45) is 5.20. The number of oxazole rings is 1. The summed E-state index contributed by atoms with van der Waals surface area (Å²) in [6.45, 7) is 4.00. The molecule has 0 N–H and O–H groups in total. The normalized spacial score (nSPS) is 11.7. The van der Waals surface area contributed by atoms with Gasteiger partial charge >= 0.3 is 0 Å². The van der Waals surface area contributed by atoms with Crippen molar-refractivity contribution in [1.82, 2.24) is 4.98 Å². The zero-order valence-electron chi connectivity index (χ0n) is 16.6. The number of aromatic nitrogens is 1. The number of hydrogen-bond donors (Lipinski definition) is 0. The number of benzene rings is 3. The molecule has 6 heteroatoms. The second-order valence-electron chi connectivity index (χ2n) is 6.98. The Morgan fingerprint density at radius 1 is 1.07 bits per heavy atom. The average Bonchev–Trinajstić information content (AvgIpc) is 3.15. The van der Waals surface area contributed by atoms with Crippen LogP contribution in [0.25, 0.3) is 28.6 Å². The van der Waals surface area contributed by atoms with Crippen molar-refractivity contribution in [3.63, 3.8) is 0 Å². The molecule has 1 heterocycles. The van der Waals surface area contributed by atoms with E-state index in [-0.39, 0.29) is 5.69 Å². The first kappa shape index (κ1) is 19.3. The number of nitrogens with zero attached hydrogens (tertiary/aromatic N) is 3. The molecule has 6 nitrogen and oxygen atoms in total. The van der Waals surface area contributed by atoms with Crippen LogP contribution in [0.5, 0.6) is 0 Å². The van der Waals surface area contributed by atoms with Gasteiger partial charge in [0.15, 0.2) is 5.58 Å². The number of nitro benzene ring substituents is 1. The van der Waals surface area contributed by atoms with Gasteiger partial charge in [0.05, 0.1) is 10.6 Å². The highest BCUT2D eigenvalue weighted by Gasteiger charge is 2.10. The molecule has 1 aromatic heterocycles. The van der Waals surface area contributed by atoms with Gasteiger partial charge in [-0.15, -0.1) is 0 Å². The third-order valence-corrected chi connectivity index (χ3v) is 4.67. The number of hydrogen-bond acceptors (Lipinski definition) is 5. The summed E-state index contributed by atoms with van der Waals surface area (Å²) in [5.74, 6) is 0.555. The summed E-state index contributed by atoms with van der Waals surface area (Å²) < 4.78 is 5.91. The zero-order chi connectivity index (χ0) is 21.1. The van der Waals surface area contributed by atoms with E-state index in [1.54, 1.807) is 30.5 Å². The van der Waals surface area contributed by atoms with Gasteiger partial charge in [-0.05, 0) is 60.9 Å². The van der Waals surface area contributed by atoms with E-state index in [9.17, 15) is 10.1 Å². The van der Waals surface area contributed by atoms with Crippen LogP contribution in [0.15, 0.2) is 76.1 Å². The Kier molecular flexibility index (Phi) is 5.22. The summed E-state index contributed by atoms with van der Waals surface area (Å²) in [5, 5.41) is 10.9. The van der Waals surface area contributed by atoms with Gasteiger partial charge in [0, 0.05) is 23.9 Å². The van der Waals surface area contributed by atoms with E-state index in [4.69, 9.17) is 4.42 Å². The number of rotatable bonds is 5. The van der Waals surface area contributed by atoms with Crippen LogP contribution in [-0.4, -0.2) is 16.1 Å². The summed E-state index contributed by atoms with van der Waals surface area (Å²) in [7, 11) is 0. The van der Waals surface area contributed by atoms with Crippen molar-refractivity contribution in [1.29, 1.82) is 0 Å². The molecular weight excluding hydrogens is 378 g/mol. The van der Waals surface area contributed by atoms with E-state index < -0.39 is 4.92 Å². The largest absolute Gasteiger partial charge is 0.436 e. The Hall–Kier alpha value is -4.06. The molecule has 0 saturated carbocycles. The maximum absolute atomic E-state index is 10.9. The molecule has 4 aromatic rings. The third-order valence-electron chi connectivity index (χ3n) is 4.67. The second-order valence-corrected chi connectivity index (χ2v) is 6.98. The predicted octanol–water partition coefficient (Wildman–Crippen LogP) is 6.44. The summed E-state index contributed by atoms with van der Waals surface area (Å²) >= 11 is 0. The van der Waals surface area contributed by atoms with Crippen LogP contribution in [0.1, 0.15) is 16.7 Å². The van der Waals surface area contributed by atoms with Crippen molar-refractivity contribution < 1.29 is 9.34 Å². The molecule has 0 saturated heterocycles.